The van der Waals surface area contributed by atoms with Gasteiger partial charge in [0.15, 0.2) is 0 Å². The summed E-state index contributed by atoms with van der Waals surface area (Å²) in [7, 11) is 0. The van der Waals surface area contributed by atoms with Crippen molar-refractivity contribution in [2.24, 2.45) is 5.84 Å². The van der Waals surface area contributed by atoms with Crippen molar-refractivity contribution < 1.29 is 4.39 Å². The van der Waals surface area contributed by atoms with Crippen LogP contribution in [0.1, 0.15) is 17.2 Å². The molecule has 0 aromatic heterocycles. The number of halogens is 4. The minimum absolute atomic E-state index is 0.137. The van der Waals surface area contributed by atoms with Crippen molar-refractivity contribution in [1.29, 1.82) is 0 Å². The Labute approximate surface area is 138 Å². The molecule has 1 unspecified atom stereocenters. The van der Waals surface area contributed by atoms with Crippen LogP contribution in [-0.2, 0) is 6.42 Å². The molecular formula is C14H12Br2ClFN2. The van der Waals surface area contributed by atoms with Crippen LogP contribution in [0.25, 0.3) is 0 Å². The highest BCUT2D eigenvalue weighted by Gasteiger charge is 2.15. The molecule has 0 spiro atoms. The molecule has 0 aliphatic heterocycles. The molecule has 2 aromatic carbocycles. The van der Waals surface area contributed by atoms with E-state index >= 15 is 0 Å². The second-order valence-corrected chi connectivity index (χ2v) is 6.36. The Morgan fingerprint density at radius 1 is 1.25 bits per heavy atom. The summed E-state index contributed by atoms with van der Waals surface area (Å²) in [6.45, 7) is 0. The molecule has 0 heterocycles. The van der Waals surface area contributed by atoms with Crippen molar-refractivity contribution in [3.05, 3.63) is 67.3 Å². The molecule has 0 aliphatic carbocycles. The number of nitrogens with two attached hydrogens (primary N) is 1. The number of hydrogen-bond acceptors (Lipinski definition) is 2. The third-order valence-corrected chi connectivity index (χ3v) is 5.10. The van der Waals surface area contributed by atoms with E-state index in [9.17, 15) is 4.39 Å². The summed E-state index contributed by atoms with van der Waals surface area (Å²) in [5, 5.41) is 0.636. The highest BCUT2D eigenvalue weighted by atomic mass is 79.9. The maximum atomic E-state index is 13.5. The fourth-order valence-electron chi connectivity index (χ4n) is 1.93. The van der Waals surface area contributed by atoms with Crippen molar-refractivity contribution in [2.75, 3.05) is 0 Å². The van der Waals surface area contributed by atoms with Gasteiger partial charge in [-0.05, 0) is 67.6 Å². The van der Waals surface area contributed by atoms with E-state index in [-0.39, 0.29) is 11.9 Å². The Balaban J connectivity index is 2.28. The van der Waals surface area contributed by atoms with Gasteiger partial charge in [0.2, 0.25) is 0 Å². The molecule has 3 N–H and O–H groups in total. The van der Waals surface area contributed by atoms with E-state index in [4.69, 9.17) is 17.4 Å². The molecule has 0 aliphatic rings. The van der Waals surface area contributed by atoms with Crippen molar-refractivity contribution in [1.82, 2.24) is 5.43 Å². The van der Waals surface area contributed by atoms with Crippen LogP contribution in [-0.4, -0.2) is 0 Å². The van der Waals surface area contributed by atoms with Gasteiger partial charge < -0.3 is 0 Å². The molecule has 2 rings (SSSR count). The van der Waals surface area contributed by atoms with Crippen molar-refractivity contribution in [3.8, 4) is 0 Å². The number of nitrogens with one attached hydrogen (secondary N) is 1. The van der Waals surface area contributed by atoms with Crippen LogP contribution in [0.3, 0.4) is 0 Å². The minimum Gasteiger partial charge on any atom is -0.271 e. The molecule has 106 valence electrons. The van der Waals surface area contributed by atoms with Gasteiger partial charge in [0.25, 0.3) is 0 Å². The molecule has 0 fully saturated rings. The van der Waals surface area contributed by atoms with E-state index in [0.717, 1.165) is 15.6 Å². The van der Waals surface area contributed by atoms with Gasteiger partial charge in [0, 0.05) is 4.47 Å². The molecule has 6 heteroatoms. The quantitative estimate of drug-likeness (QED) is 0.551. The molecule has 1 atom stereocenters. The van der Waals surface area contributed by atoms with Gasteiger partial charge in [-0.1, -0.05) is 29.8 Å². The average molecular weight is 423 g/mol. The van der Waals surface area contributed by atoms with Gasteiger partial charge in [0.1, 0.15) is 5.82 Å². The van der Waals surface area contributed by atoms with E-state index < -0.39 is 0 Å². The Hall–Kier alpha value is -0.460. The maximum absolute atomic E-state index is 13.5. The number of hydrazine groups is 1. The van der Waals surface area contributed by atoms with Crippen molar-refractivity contribution >= 4 is 43.5 Å². The first-order valence-corrected chi connectivity index (χ1v) is 7.83. The first kappa shape index (κ1) is 15.9. The topological polar surface area (TPSA) is 38.0 Å². The fraction of sp³-hybridized carbons (Fsp3) is 0.143. The molecule has 0 bridgehead atoms. The van der Waals surface area contributed by atoms with Crippen molar-refractivity contribution in [2.45, 2.75) is 12.5 Å². The fourth-order valence-corrected chi connectivity index (χ4v) is 2.87. The lowest BCUT2D eigenvalue weighted by molar-refractivity contribution is 0.546. The second-order valence-electron chi connectivity index (χ2n) is 4.31. The Bertz CT molecular complexity index is 622. The minimum atomic E-state index is -0.282. The van der Waals surface area contributed by atoms with Gasteiger partial charge in [-0.25, -0.2) is 4.39 Å². The highest BCUT2D eigenvalue weighted by Crippen LogP contribution is 2.29. The molecule has 0 radical (unpaired) electrons. The van der Waals surface area contributed by atoms with Gasteiger partial charge in [-0.15, -0.1) is 0 Å². The highest BCUT2D eigenvalue weighted by molar-refractivity contribution is 9.10. The normalized spacial score (nSPS) is 12.4. The van der Waals surface area contributed by atoms with Gasteiger partial charge in [-0.2, -0.15) is 0 Å². The lowest BCUT2D eigenvalue weighted by Crippen LogP contribution is -2.29. The zero-order valence-electron chi connectivity index (χ0n) is 10.3. The zero-order valence-corrected chi connectivity index (χ0v) is 14.3. The van der Waals surface area contributed by atoms with Crippen LogP contribution in [0.5, 0.6) is 0 Å². The van der Waals surface area contributed by atoms with Crippen LogP contribution in [0.2, 0.25) is 5.02 Å². The average Bonchev–Trinajstić information content (AvgIpc) is 2.44. The monoisotopic (exact) mass is 420 g/mol. The summed E-state index contributed by atoms with van der Waals surface area (Å²) in [6, 6.07) is 10.4. The smallest absolute Gasteiger partial charge is 0.137 e. The van der Waals surface area contributed by atoms with Gasteiger partial charge >= 0.3 is 0 Å². The zero-order chi connectivity index (χ0) is 14.7. The molecule has 0 amide bonds. The van der Waals surface area contributed by atoms with Gasteiger partial charge in [0.05, 0.1) is 15.5 Å². The Morgan fingerprint density at radius 3 is 2.65 bits per heavy atom. The second kappa shape index (κ2) is 7.00. The van der Waals surface area contributed by atoms with Crippen LogP contribution < -0.4 is 11.3 Å². The van der Waals surface area contributed by atoms with Crippen LogP contribution >= 0.6 is 43.5 Å². The molecule has 20 heavy (non-hydrogen) atoms. The summed E-state index contributed by atoms with van der Waals surface area (Å²) >= 11 is 12.6. The van der Waals surface area contributed by atoms with Crippen LogP contribution in [0.4, 0.5) is 4.39 Å². The Morgan fingerprint density at radius 2 is 2.00 bits per heavy atom. The molecule has 0 saturated carbocycles. The number of rotatable bonds is 4. The van der Waals surface area contributed by atoms with E-state index in [1.807, 2.05) is 18.2 Å². The first-order chi connectivity index (χ1) is 9.52. The lowest BCUT2D eigenvalue weighted by Gasteiger charge is -2.18. The predicted octanol–water partition coefficient (Wildman–Crippen LogP) is 4.75. The molecule has 2 aromatic rings. The number of benzene rings is 2. The maximum Gasteiger partial charge on any atom is 0.137 e. The first-order valence-electron chi connectivity index (χ1n) is 5.87. The third-order valence-electron chi connectivity index (χ3n) is 3.00. The standard InChI is InChI=1S/C14H12Br2ClFN2/c15-10-6-8(4-5-11(10)17)13(20-19)7-9-2-1-3-12(18)14(9)16/h1-6,13,20H,7,19H2. The number of hydrogen-bond donors (Lipinski definition) is 2. The van der Waals surface area contributed by atoms with Crippen molar-refractivity contribution in [3.63, 3.8) is 0 Å². The summed E-state index contributed by atoms with van der Waals surface area (Å²) in [4.78, 5) is 0. The summed E-state index contributed by atoms with van der Waals surface area (Å²) in [5.41, 5.74) is 4.57. The lowest BCUT2D eigenvalue weighted by atomic mass is 9.99. The largest absolute Gasteiger partial charge is 0.271 e. The summed E-state index contributed by atoms with van der Waals surface area (Å²) in [6.07, 6.45) is 0.558. The molecule has 0 saturated heterocycles. The molecule has 2 nitrogen and oxygen atoms in total. The predicted molar refractivity (Wildman–Crippen MR) is 87.0 cm³/mol. The van der Waals surface area contributed by atoms with E-state index in [1.54, 1.807) is 12.1 Å². The van der Waals surface area contributed by atoms with Gasteiger partial charge in [-0.3, -0.25) is 11.3 Å². The van der Waals surface area contributed by atoms with Crippen LogP contribution in [0, 0.1) is 5.82 Å². The van der Waals surface area contributed by atoms with E-state index in [0.29, 0.717) is 15.9 Å². The summed E-state index contributed by atoms with van der Waals surface area (Å²) in [5.74, 6) is 5.34. The summed E-state index contributed by atoms with van der Waals surface area (Å²) < 4.78 is 14.8. The van der Waals surface area contributed by atoms with Crippen LogP contribution in [0.15, 0.2) is 45.3 Å². The van der Waals surface area contributed by atoms with E-state index in [1.165, 1.54) is 6.07 Å². The Kier molecular flexibility index (Phi) is 5.57. The third kappa shape index (κ3) is 3.59. The van der Waals surface area contributed by atoms with E-state index in [2.05, 4.69) is 37.3 Å². The molecular weight excluding hydrogens is 410 g/mol. The SMILES string of the molecule is NNC(Cc1cccc(F)c1Br)c1ccc(Cl)c(Br)c1.